The van der Waals surface area contributed by atoms with Crippen LogP contribution in [0.2, 0.25) is 0 Å². The highest BCUT2D eigenvalue weighted by molar-refractivity contribution is 7.23. The van der Waals surface area contributed by atoms with E-state index in [0.717, 1.165) is 0 Å². The van der Waals surface area contributed by atoms with Crippen LogP contribution < -0.4 is 0 Å². The molecule has 0 aromatic rings. The summed E-state index contributed by atoms with van der Waals surface area (Å²) in [6.07, 6.45) is 0.877. The fraction of sp³-hybridized carbons (Fsp3) is 1.00. The van der Waals surface area contributed by atoms with Crippen LogP contribution in [-0.2, 0) is 4.57 Å². The van der Waals surface area contributed by atoms with Gasteiger partial charge in [-0.2, -0.15) is 0 Å². The van der Waals surface area contributed by atoms with Gasteiger partial charge in [0.1, 0.15) is 0 Å². The second-order valence-corrected chi connectivity index (χ2v) is 1.60. The lowest BCUT2D eigenvalue weighted by atomic mass is 10.6. The molecule has 0 saturated heterocycles. The van der Waals surface area contributed by atoms with Crippen LogP contribution in [-0.4, -0.2) is 12.8 Å². The average Bonchev–Trinajstić information content (AvgIpc) is 1.61. The third-order valence-electron chi connectivity index (χ3n) is 0.383. The van der Waals surface area contributed by atoms with Crippen molar-refractivity contribution in [3.63, 3.8) is 0 Å². The zero-order chi connectivity index (χ0) is 4.83. The minimum absolute atomic E-state index is 0.0554. The summed E-state index contributed by atoms with van der Waals surface area (Å²) in [5, 5.41) is 0. The highest BCUT2D eigenvalue weighted by atomic mass is 31.1. The van der Waals surface area contributed by atoms with Gasteiger partial charge in [0, 0.05) is 6.16 Å². The fourth-order valence-electron chi connectivity index (χ4n) is 0.124. The van der Waals surface area contributed by atoms with Crippen LogP contribution in [0.25, 0.3) is 0 Å². The van der Waals surface area contributed by atoms with E-state index in [1.807, 2.05) is 0 Å². The smallest absolute Gasteiger partial charge is 0.155 e. The lowest BCUT2D eigenvalue weighted by Gasteiger charge is -1.75. The standard InChI is InChI=1S/C3H6FOP/c4-2-1-3-6-5/h1-3H2. The third kappa shape index (κ3) is 4.03. The molecule has 0 fully saturated rings. The Morgan fingerprint density at radius 2 is 2.33 bits per heavy atom. The first-order valence-electron chi connectivity index (χ1n) is 1.77. The Morgan fingerprint density at radius 3 is 2.50 bits per heavy atom. The van der Waals surface area contributed by atoms with Gasteiger partial charge in [-0.05, 0) is 6.42 Å². The fourth-order valence-corrected chi connectivity index (χ4v) is 0.373. The van der Waals surface area contributed by atoms with Gasteiger partial charge in [0.2, 0.25) is 0 Å². The van der Waals surface area contributed by atoms with Gasteiger partial charge in [-0.1, -0.05) is 0 Å². The maximum absolute atomic E-state index is 11.0. The Kier molecular flexibility index (Phi) is 5.06. The molecule has 0 aliphatic rings. The molecule has 0 aromatic carbocycles. The Labute approximate surface area is 37.8 Å². The molecule has 0 bridgehead atoms. The number of hydrogen-bond donors (Lipinski definition) is 0. The summed E-state index contributed by atoms with van der Waals surface area (Å²) in [5.74, 6) is 0. The van der Waals surface area contributed by atoms with E-state index in [1.54, 1.807) is 0 Å². The van der Waals surface area contributed by atoms with Crippen molar-refractivity contribution in [1.82, 2.24) is 0 Å². The first-order chi connectivity index (χ1) is 2.91. The molecule has 0 radical (unpaired) electrons. The number of halogens is 1. The van der Waals surface area contributed by atoms with Gasteiger partial charge < -0.3 is 0 Å². The van der Waals surface area contributed by atoms with E-state index in [2.05, 4.69) is 0 Å². The number of alkyl halides is 1. The van der Waals surface area contributed by atoms with E-state index in [4.69, 9.17) is 0 Å². The van der Waals surface area contributed by atoms with Crippen LogP contribution in [0.4, 0.5) is 4.39 Å². The Balaban J connectivity index is 2.49. The molecular weight excluding hydrogens is 102 g/mol. The predicted molar refractivity (Wildman–Crippen MR) is 23.1 cm³/mol. The Morgan fingerprint density at radius 1 is 1.67 bits per heavy atom. The van der Waals surface area contributed by atoms with Crippen LogP contribution in [0.5, 0.6) is 0 Å². The van der Waals surface area contributed by atoms with E-state index in [0.29, 0.717) is 12.6 Å². The van der Waals surface area contributed by atoms with Gasteiger partial charge in [0.15, 0.2) is 8.46 Å². The molecule has 0 rings (SSSR count). The summed E-state index contributed by atoms with van der Waals surface area (Å²) in [6, 6.07) is 0. The summed E-state index contributed by atoms with van der Waals surface area (Å²) in [5.41, 5.74) is 0. The highest BCUT2D eigenvalue weighted by Gasteiger charge is 1.79. The van der Waals surface area contributed by atoms with E-state index in [1.165, 1.54) is 0 Å². The molecule has 6 heavy (non-hydrogen) atoms. The summed E-state index contributed by atoms with van der Waals surface area (Å²) in [6.45, 7) is -0.352. The SMILES string of the molecule is O=PCCCF. The number of rotatable bonds is 3. The van der Waals surface area contributed by atoms with Gasteiger partial charge in [0.25, 0.3) is 0 Å². The van der Waals surface area contributed by atoms with Gasteiger partial charge in [-0.25, -0.2) is 0 Å². The Bertz CT molecular complexity index is 39.8. The monoisotopic (exact) mass is 108 g/mol. The summed E-state index contributed by atoms with van der Waals surface area (Å²) >= 11 is 0. The van der Waals surface area contributed by atoms with Crippen LogP contribution in [0.3, 0.4) is 0 Å². The Hall–Kier alpha value is 0.0300. The predicted octanol–water partition coefficient (Wildman–Crippen LogP) is 1.64. The van der Waals surface area contributed by atoms with Crippen molar-refractivity contribution < 1.29 is 8.96 Å². The average molecular weight is 108 g/mol. The summed E-state index contributed by atoms with van der Waals surface area (Å²) in [4.78, 5) is 0. The molecule has 0 spiro atoms. The number of hydrogen-bond acceptors (Lipinski definition) is 1. The molecule has 0 aliphatic carbocycles. The normalized spacial score (nSPS) is 9.50. The molecule has 0 heterocycles. The molecule has 36 valence electrons. The van der Waals surface area contributed by atoms with Gasteiger partial charge in [0.05, 0.1) is 6.67 Å². The van der Waals surface area contributed by atoms with E-state index >= 15 is 0 Å². The van der Waals surface area contributed by atoms with E-state index in [9.17, 15) is 8.96 Å². The van der Waals surface area contributed by atoms with Crippen molar-refractivity contribution in [2.45, 2.75) is 6.42 Å². The summed E-state index contributed by atoms with van der Waals surface area (Å²) in [7, 11) is 0.0554. The molecule has 0 N–H and O–H groups in total. The first kappa shape index (κ1) is 6.03. The maximum atomic E-state index is 11.0. The molecule has 1 nitrogen and oxygen atoms in total. The topological polar surface area (TPSA) is 17.1 Å². The first-order valence-corrected chi connectivity index (χ1v) is 2.76. The van der Waals surface area contributed by atoms with Gasteiger partial charge >= 0.3 is 0 Å². The van der Waals surface area contributed by atoms with Crippen molar-refractivity contribution in [1.29, 1.82) is 0 Å². The molecular formula is C3H6FOP. The van der Waals surface area contributed by atoms with Crippen molar-refractivity contribution >= 4 is 8.46 Å². The van der Waals surface area contributed by atoms with Crippen LogP contribution in [0, 0.1) is 0 Å². The zero-order valence-corrected chi connectivity index (χ0v) is 4.25. The van der Waals surface area contributed by atoms with Gasteiger partial charge in [-0.15, -0.1) is 0 Å². The second-order valence-electron chi connectivity index (χ2n) is 0.895. The van der Waals surface area contributed by atoms with E-state index < -0.39 is 0 Å². The zero-order valence-electron chi connectivity index (χ0n) is 3.35. The minimum Gasteiger partial charge on any atom is -0.275 e. The second kappa shape index (κ2) is 5.03. The van der Waals surface area contributed by atoms with Crippen LogP contribution in [0.1, 0.15) is 6.42 Å². The summed E-state index contributed by atoms with van der Waals surface area (Å²) < 4.78 is 20.5. The molecule has 0 unspecified atom stereocenters. The van der Waals surface area contributed by atoms with Crippen molar-refractivity contribution in [3.8, 4) is 0 Å². The molecule has 0 atom stereocenters. The van der Waals surface area contributed by atoms with Gasteiger partial charge in [-0.3, -0.25) is 8.96 Å². The lowest BCUT2D eigenvalue weighted by molar-refractivity contribution is 0.487. The van der Waals surface area contributed by atoms with Crippen LogP contribution in [0.15, 0.2) is 0 Å². The molecule has 0 amide bonds. The third-order valence-corrected chi connectivity index (χ3v) is 0.882. The molecule has 0 aliphatic heterocycles. The highest BCUT2D eigenvalue weighted by Crippen LogP contribution is 1.93. The molecule has 3 heteroatoms. The van der Waals surface area contributed by atoms with Crippen molar-refractivity contribution in [3.05, 3.63) is 0 Å². The van der Waals surface area contributed by atoms with Crippen molar-refractivity contribution in [2.24, 2.45) is 0 Å². The van der Waals surface area contributed by atoms with Crippen molar-refractivity contribution in [2.75, 3.05) is 12.8 Å². The lowest BCUT2D eigenvalue weighted by Crippen LogP contribution is -1.73. The molecule has 0 saturated carbocycles. The quantitative estimate of drug-likeness (QED) is 0.396. The van der Waals surface area contributed by atoms with E-state index in [-0.39, 0.29) is 15.1 Å². The largest absolute Gasteiger partial charge is 0.275 e. The van der Waals surface area contributed by atoms with Crippen LogP contribution >= 0.6 is 8.46 Å². The minimum atomic E-state index is -0.352. The molecule has 0 aromatic heterocycles. The maximum Gasteiger partial charge on any atom is 0.155 e.